The van der Waals surface area contributed by atoms with Crippen molar-refractivity contribution < 1.29 is 14.6 Å². The van der Waals surface area contributed by atoms with Crippen LogP contribution in [-0.4, -0.2) is 27.5 Å². The molecule has 0 unspecified atom stereocenters. The summed E-state index contributed by atoms with van der Waals surface area (Å²) in [4.78, 5) is 10.9. The van der Waals surface area contributed by atoms with Gasteiger partial charge in [-0.3, -0.25) is 4.68 Å². The number of carboxylic acids is 1. The summed E-state index contributed by atoms with van der Waals surface area (Å²) in [6, 6.07) is 5.11. The first-order chi connectivity index (χ1) is 9.08. The number of hydrogen-bond donors (Lipinski definition) is 1. The van der Waals surface area contributed by atoms with Crippen LogP contribution in [-0.2, 0) is 6.54 Å². The average Bonchev–Trinajstić information content (AvgIpc) is 2.85. The van der Waals surface area contributed by atoms with E-state index >= 15 is 0 Å². The van der Waals surface area contributed by atoms with Crippen LogP contribution < -0.4 is 4.74 Å². The average molecular weight is 260 g/mol. The molecule has 100 valence electrons. The second kappa shape index (κ2) is 5.56. The normalized spacial score (nSPS) is 10.4. The van der Waals surface area contributed by atoms with Crippen LogP contribution in [0.5, 0.6) is 5.75 Å². The van der Waals surface area contributed by atoms with Gasteiger partial charge in [-0.25, -0.2) is 4.79 Å². The second-order valence-electron chi connectivity index (χ2n) is 4.36. The highest BCUT2D eigenvalue weighted by Crippen LogP contribution is 2.24. The summed E-state index contributed by atoms with van der Waals surface area (Å²) in [5.74, 6) is -0.175. The van der Waals surface area contributed by atoms with Gasteiger partial charge in [0.15, 0.2) is 0 Å². The van der Waals surface area contributed by atoms with Gasteiger partial charge < -0.3 is 9.84 Å². The van der Waals surface area contributed by atoms with Crippen LogP contribution in [0.1, 0.15) is 21.5 Å². The Morgan fingerprint density at radius 3 is 2.58 bits per heavy atom. The summed E-state index contributed by atoms with van der Waals surface area (Å²) >= 11 is 0. The largest absolute Gasteiger partial charge is 0.491 e. The summed E-state index contributed by atoms with van der Waals surface area (Å²) in [5.41, 5.74) is 1.95. The maximum Gasteiger partial charge on any atom is 0.335 e. The molecule has 0 radical (unpaired) electrons. The van der Waals surface area contributed by atoms with Crippen LogP contribution in [0.4, 0.5) is 0 Å². The van der Waals surface area contributed by atoms with Crippen LogP contribution in [0.25, 0.3) is 0 Å². The van der Waals surface area contributed by atoms with E-state index in [-0.39, 0.29) is 5.56 Å². The van der Waals surface area contributed by atoms with E-state index in [2.05, 4.69) is 5.10 Å². The lowest BCUT2D eigenvalue weighted by Crippen LogP contribution is -2.10. The minimum Gasteiger partial charge on any atom is -0.491 e. The second-order valence-corrected chi connectivity index (χ2v) is 4.36. The van der Waals surface area contributed by atoms with E-state index in [9.17, 15) is 4.79 Å². The molecule has 0 saturated heterocycles. The van der Waals surface area contributed by atoms with Gasteiger partial charge >= 0.3 is 5.97 Å². The first-order valence-corrected chi connectivity index (χ1v) is 6.02. The van der Waals surface area contributed by atoms with Crippen LogP contribution in [0, 0.1) is 13.8 Å². The first kappa shape index (κ1) is 13.1. The molecule has 0 bridgehead atoms. The highest BCUT2D eigenvalue weighted by atomic mass is 16.5. The lowest BCUT2D eigenvalue weighted by molar-refractivity contribution is 0.0696. The SMILES string of the molecule is Cc1cc(C(=O)O)cc(C)c1OCCn1cccn1. The summed E-state index contributed by atoms with van der Waals surface area (Å²) in [6.45, 7) is 4.85. The molecule has 0 atom stereocenters. The van der Waals surface area contributed by atoms with Crippen LogP contribution in [0.15, 0.2) is 30.6 Å². The van der Waals surface area contributed by atoms with Gasteiger partial charge in [-0.1, -0.05) is 0 Å². The Hall–Kier alpha value is -2.30. The number of aromatic carboxylic acids is 1. The molecular formula is C14H16N2O3. The fraction of sp³-hybridized carbons (Fsp3) is 0.286. The minimum absolute atomic E-state index is 0.287. The van der Waals surface area contributed by atoms with Crippen molar-refractivity contribution in [2.75, 3.05) is 6.61 Å². The fourth-order valence-electron chi connectivity index (χ4n) is 1.98. The monoisotopic (exact) mass is 260 g/mol. The third-order valence-corrected chi connectivity index (χ3v) is 2.83. The minimum atomic E-state index is -0.922. The number of benzene rings is 1. The Balaban J connectivity index is 2.06. The molecule has 0 saturated carbocycles. The van der Waals surface area contributed by atoms with E-state index in [1.165, 1.54) is 0 Å². The maximum absolute atomic E-state index is 10.9. The third kappa shape index (κ3) is 3.13. The van der Waals surface area contributed by atoms with Gasteiger partial charge in [-0.2, -0.15) is 5.10 Å². The molecule has 1 aromatic heterocycles. The zero-order valence-corrected chi connectivity index (χ0v) is 11.0. The number of aromatic nitrogens is 2. The number of nitrogens with zero attached hydrogens (tertiary/aromatic N) is 2. The lowest BCUT2D eigenvalue weighted by atomic mass is 10.1. The van der Waals surface area contributed by atoms with Gasteiger partial charge in [0.25, 0.3) is 0 Å². The van der Waals surface area contributed by atoms with Gasteiger partial charge in [-0.15, -0.1) is 0 Å². The highest BCUT2D eigenvalue weighted by Gasteiger charge is 2.10. The number of aryl methyl sites for hydroxylation is 2. The van der Waals surface area contributed by atoms with E-state index in [0.29, 0.717) is 13.2 Å². The van der Waals surface area contributed by atoms with Crippen molar-refractivity contribution in [3.63, 3.8) is 0 Å². The number of carboxylic acid groups (broad SMARTS) is 1. The zero-order valence-electron chi connectivity index (χ0n) is 11.0. The van der Waals surface area contributed by atoms with Crippen LogP contribution >= 0.6 is 0 Å². The molecule has 5 heteroatoms. The molecule has 2 aromatic rings. The van der Waals surface area contributed by atoms with Gasteiger partial charge in [0, 0.05) is 12.4 Å². The highest BCUT2D eigenvalue weighted by molar-refractivity contribution is 5.88. The number of carbonyl (C=O) groups is 1. The Morgan fingerprint density at radius 1 is 1.37 bits per heavy atom. The predicted molar refractivity (Wildman–Crippen MR) is 70.6 cm³/mol. The number of rotatable bonds is 5. The molecule has 0 aliphatic carbocycles. The van der Waals surface area contributed by atoms with Crippen LogP contribution in [0.3, 0.4) is 0 Å². The molecule has 0 aliphatic heterocycles. The zero-order chi connectivity index (χ0) is 13.8. The van der Waals surface area contributed by atoms with Crippen molar-refractivity contribution in [1.82, 2.24) is 9.78 Å². The maximum atomic E-state index is 10.9. The molecular weight excluding hydrogens is 244 g/mol. The Labute approximate surface area is 111 Å². The third-order valence-electron chi connectivity index (χ3n) is 2.83. The fourth-order valence-corrected chi connectivity index (χ4v) is 1.98. The van der Waals surface area contributed by atoms with Crippen molar-refractivity contribution in [1.29, 1.82) is 0 Å². The molecule has 0 aliphatic rings. The standard InChI is InChI=1S/C14H16N2O3/c1-10-8-12(14(17)18)9-11(2)13(10)19-7-6-16-5-3-4-15-16/h3-5,8-9H,6-7H2,1-2H3,(H,17,18). The van der Waals surface area contributed by atoms with Crippen molar-refractivity contribution in [3.05, 3.63) is 47.3 Å². The van der Waals surface area contributed by atoms with E-state index in [1.807, 2.05) is 26.1 Å². The van der Waals surface area contributed by atoms with Gasteiger partial charge in [0.1, 0.15) is 12.4 Å². The van der Waals surface area contributed by atoms with Gasteiger partial charge in [-0.05, 0) is 43.2 Å². The van der Waals surface area contributed by atoms with Crippen LogP contribution in [0.2, 0.25) is 0 Å². The molecule has 0 fully saturated rings. The van der Waals surface area contributed by atoms with Gasteiger partial charge in [0.05, 0.1) is 12.1 Å². The molecule has 19 heavy (non-hydrogen) atoms. The lowest BCUT2D eigenvalue weighted by Gasteiger charge is -2.13. The summed E-state index contributed by atoms with van der Waals surface area (Å²) < 4.78 is 7.51. The molecule has 1 heterocycles. The summed E-state index contributed by atoms with van der Waals surface area (Å²) in [7, 11) is 0. The summed E-state index contributed by atoms with van der Waals surface area (Å²) in [5, 5.41) is 13.1. The van der Waals surface area contributed by atoms with E-state index in [1.54, 1.807) is 23.0 Å². The van der Waals surface area contributed by atoms with Crippen molar-refractivity contribution in [3.8, 4) is 5.75 Å². The Morgan fingerprint density at radius 2 is 2.05 bits per heavy atom. The van der Waals surface area contributed by atoms with Crippen molar-refractivity contribution in [2.24, 2.45) is 0 Å². The van der Waals surface area contributed by atoms with Crippen molar-refractivity contribution in [2.45, 2.75) is 20.4 Å². The predicted octanol–water partition coefficient (Wildman–Crippen LogP) is 2.28. The summed E-state index contributed by atoms with van der Waals surface area (Å²) in [6.07, 6.45) is 3.59. The number of hydrogen-bond acceptors (Lipinski definition) is 3. The quantitative estimate of drug-likeness (QED) is 0.895. The molecule has 2 rings (SSSR count). The smallest absolute Gasteiger partial charge is 0.335 e. The van der Waals surface area contributed by atoms with E-state index < -0.39 is 5.97 Å². The molecule has 1 N–H and O–H groups in total. The molecule has 1 aromatic carbocycles. The van der Waals surface area contributed by atoms with Crippen molar-refractivity contribution >= 4 is 5.97 Å². The topological polar surface area (TPSA) is 64.3 Å². The Kier molecular flexibility index (Phi) is 3.85. The molecule has 0 spiro atoms. The number of ether oxygens (including phenoxy) is 1. The van der Waals surface area contributed by atoms with Gasteiger partial charge in [0.2, 0.25) is 0 Å². The molecule has 5 nitrogen and oxygen atoms in total. The molecule has 0 amide bonds. The van der Waals surface area contributed by atoms with E-state index in [4.69, 9.17) is 9.84 Å². The Bertz CT molecular complexity index is 553. The van der Waals surface area contributed by atoms with E-state index in [0.717, 1.165) is 16.9 Å². The first-order valence-electron chi connectivity index (χ1n) is 6.02.